The zero-order chi connectivity index (χ0) is 31.6. The van der Waals surface area contributed by atoms with E-state index in [-0.39, 0.29) is 38.6 Å². The molecule has 13 nitrogen and oxygen atoms in total. The monoisotopic (exact) mass is 602 g/mol. The molecule has 0 spiro atoms. The van der Waals surface area contributed by atoms with Crippen molar-refractivity contribution in [2.75, 3.05) is 58.9 Å². The van der Waals surface area contributed by atoms with E-state index in [0.717, 1.165) is 19.3 Å². The fraction of sp³-hybridized carbons (Fsp3) is 0.828. The Kier molecular flexibility index (Phi) is 24.2. The Labute approximate surface area is 250 Å². The minimum Gasteiger partial charge on any atom is -0.480 e. The van der Waals surface area contributed by atoms with Gasteiger partial charge in [0.25, 0.3) is 0 Å². The summed E-state index contributed by atoms with van der Waals surface area (Å²) in [5.74, 6) is -4.46. The summed E-state index contributed by atoms with van der Waals surface area (Å²) in [7, 11) is 0. The summed E-state index contributed by atoms with van der Waals surface area (Å²) >= 11 is 0. The lowest BCUT2D eigenvalue weighted by molar-refractivity contribution is -0.190. The zero-order valence-electron chi connectivity index (χ0n) is 25.7. The zero-order valence-corrected chi connectivity index (χ0v) is 25.7. The van der Waals surface area contributed by atoms with E-state index in [0.29, 0.717) is 6.54 Å². The quantitative estimate of drug-likeness (QED) is 0.0728. The van der Waals surface area contributed by atoms with Crippen LogP contribution >= 0.6 is 0 Å². The highest BCUT2D eigenvalue weighted by molar-refractivity contribution is 5.79. The number of carboxylic acid groups (broad SMARTS) is 3. The van der Waals surface area contributed by atoms with Crippen LogP contribution in [0.4, 0.5) is 0 Å². The second-order valence-corrected chi connectivity index (χ2v) is 10.7. The van der Waals surface area contributed by atoms with E-state index < -0.39 is 43.5 Å². The molecule has 0 saturated heterocycles. The molecule has 0 unspecified atom stereocenters. The standard InChI is InChI=1S/C29H54N4O9/c1-3-4-5-6-7-8-9-10-11-12-13-14-15-16-30-26(35)21-31(22-27(36)37)17-19-33(42-25(2)34)20-18-32(23-28(38)39)24-29(40)41/h3-24H2,1-2H3,(H,30,35)(H,36,37)(H,38,39)(H,40,41). The molecule has 244 valence electrons. The van der Waals surface area contributed by atoms with E-state index in [1.165, 1.54) is 86.0 Å². The van der Waals surface area contributed by atoms with E-state index in [4.69, 9.17) is 15.1 Å². The Balaban J connectivity index is 4.39. The van der Waals surface area contributed by atoms with E-state index in [9.17, 15) is 29.1 Å². The van der Waals surface area contributed by atoms with Crippen LogP contribution in [-0.4, -0.2) is 119 Å². The van der Waals surface area contributed by atoms with Crippen molar-refractivity contribution in [2.45, 2.75) is 97.3 Å². The topological polar surface area (TPSA) is 177 Å². The molecule has 0 aromatic carbocycles. The summed E-state index contributed by atoms with van der Waals surface area (Å²) < 4.78 is 0. The predicted molar refractivity (Wildman–Crippen MR) is 158 cm³/mol. The molecule has 42 heavy (non-hydrogen) atoms. The van der Waals surface area contributed by atoms with E-state index in [2.05, 4.69) is 12.2 Å². The van der Waals surface area contributed by atoms with E-state index in [1.54, 1.807) is 0 Å². The SMILES string of the molecule is CCCCCCCCCCCCCCCNC(=O)CN(CCN(CCN(CC(=O)O)CC(=O)O)OC(C)=O)CC(=O)O. The molecular weight excluding hydrogens is 548 g/mol. The maximum absolute atomic E-state index is 12.4. The average Bonchev–Trinajstić information content (AvgIpc) is 2.88. The number of hydrogen-bond donors (Lipinski definition) is 4. The van der Waals surface area contributed by atoms with Gasteiger partial charge in [0.1, 0.15) is 0 Å². The number of carbonyl (C=O) groups is 5. The summed E-state index contributed by atoms with van der Waals surface area (Å²) in [6.45, 7) is 2.43. The summed E-state index contributed by atoms with van der Waals surface area (Å²) in [6, 6.07) is 0. The number of amides is 1. The molecule has 0 radical (unpaired) electrons. The van der Waals surface area contributed by atoms with Gasteiger partial charge in [0.05, 0.1) is 26.2 Å². The maximum Gasteiger partial charge on any atom is 0.322 e. The Hall–Kier alpha value is -2.77. The van der Waals surface area contributed by atoms with Crippen LogP contribution in [0, 0.1) is 0 Å². The molecule has 0 aliphatic carbocycles. The number of aliphatic carboxylic acids is 3. The minimum atomic E-state index is -1.20. The molecule has 0 rings (SSSR count). The van der Waals surface area contributed by atoms with Crippen LogP contribution in [0.2, 0.25) is 0 Å². The van der Waals surface area contributed by atoms with Crippen molar-refractivity contribution in [3.8, 4) is 0 Å². The van der Waals surface area contributed by atoms with Gasteiger partial charge >= 0.3 is 23.9 Å². The number of carbonyl (C=O) groups excluding carboxylic acids is 2. The van der Waals surface area contributed by atoms with Crippen LogP contribution in [0.1, 0.15) is 97.3 Å². The Morgan fingerprint density at radius 3 is 1.33 bits per heavy atom. The van der Waals surface area contributed by atoms with Gasteiger partial charge in [0.15, 0.2) is 0 Å². The third kappa shape index (κ3) is 26.1. The normalized spacial score (nSPS) is 11.3. The lowest BCUT2D eigenvalue weighted by Gasteiger charge is -2.27. The highest BCUT2D eigenvalue weighted by atomic mass is 16.7. The Bertz CT molecular complexity index is 766. The number of nitrogens with zero attached hydrogens (tertiary/aromatic N) is 3. The fourth-order valence-corrected chi connectivity index (χ4v) is 4.52. The number of hydrogen-bond acceptors (Lipinski definition) is 9. The van der Waals surface area contributed by atoms with Gasteiger partial charge in [-0.25, -0.2) is 0 Å². The molecule has 1 amide bonds. The highest BCUT2D eigenvalue weighted by Crippen LogP contribution is 2.12. The summed E-state index contributed by atoms with van der Waals surface area (Å²) in [6.07, 6.45) is 16.0. The van der Waals surface area contributed by atoms with Gasteiger partial charge in [-0.05, 0) is 6.42 Å². The van der Waals surface area contributed by atoms with Crippen molar-refractivity contribution in [3.05, 3.63) is 0 Å². The summed E-state index contributed by atoms with van der Waals surface area (Å²) in [5.41, 5.74) is 0. The first kappa shape index (κ1) is 39.2. The van der Waals surface area contributed by atoms with Gasteiger partial charge in [-0.2, -0.15) is 0 Å². The molecule has 0 aromatic rings. The number of rotatable bonds is 29. The molecule has 0 heterocycles. The summed E-state index contributed by atoms with van der Waals surface area (Å²) in [5, 5.41) is 31.3. The van der Waals surface area contributed by atoms with Gasteiger partial charge in [-0.15, -0.1) is 5.06 Å². The van der Waals surface area contributed by atoms with E-state index >= 15 is 0 Å². The molecule has 0 saturated carbocycles. The third-order valence-corrected chi connectivity index (χ3v) is 6.64. The molecule has 13 heteroatoms. The molecule has 0 fully saturated rings. The average molecular weight is 603 g/mol. The van der Waals surface area contributed by atoms with Crippen LogP contribution in [0.3, 0.4) is 0 Å². The van der Waals surface area contributed by atoms with Crippen LogP contribution in [0.15, 0.2) is 0 Å². The number of carboxylic acids is 3. The van der Waals surface area contributed by atoms with Crippen molar-refractivity contribution >= 4 is 29.8 Å². The van der Waals surface area contributed by atoms with Crippen LogP contribution in [0.25, 0.3) is 0 Å². The molecule has 0 aliphatic rings. The van der Waals surface area contributed by atoms with Crippen molar-refractivity contribution in [1.82, 2.24) is 20.2 Å². The summed E-state index contributed by atoms with van der Waals surface area (Å²) in [4.78, 5) is 65.0. The molecule has 0 atom stereocenters. The second-order valence-electron chi connectivity index (χ2n) is 10.7. The largest absolute Gasteiger partial charge is 0.480 e. The predicted octanol–water partition coefficient (Wildman–Crippen LogP) is 2.83. The first-order chi connectivity index (χ1) is 20.0. The maximum atomic E-state index is 12.4. The van der Waals surface area contributed by atoms with Gasteiger partial charge < -0.3 is 25.5 Å². The van der Waals surface area contributed by atoms with Gasteiger partial charge in [-0.3, -0.25) is 33.8 Å². The number of hydroxylamine groups is 2. The second kappa shape index (κ2) is 25.9. The molecule has 4 N–H and O–H groups in total. The molecule has 0 aromatic heterocycles. The van der Waals surface area contributed by atoms with E-state index in [1.807, 2.05) is 0 Å². The van der Waals surface area contributed by atoms with Gasteiger partial charge in [-0.1, -0.05) is 84.0 Å². The Morgan fingerprint density at radius 2 is 0.952 bits per heavy atom. The van der Waals surface area contributed by atoms with Crippen LogP contribution in [0.5, 0.6) is 0 Å². The Morgan fingerprint density at radius 1 is 0.571 bits per heavy atom. The molecule has 0 aliphatic heterocycles. The number of unbranched alkanes of at least 4 members (excludes halogenated alkanes) is 12. The third-order valence-electron chi connectivity index (χ3n) is 6.64. The minimum absolute atomic E-state index is 0.00764. The van der Waals surface area contributed by atoms with Gasteiger partial charge in [0, 0.05) is 39.6 Å². The van der Waals surface area contributed by atoms with Crippen LogP contribution in [-0.2, 0) is 28.8 Å². The van der Waals surface area contributed by atoms with Gasteiger partial charge in [0.2, 0.25) is 5.91 Å². The van der Waals surface area contributed by atoms with Crippen molar-refractivity contribution in [1.29, 1.82) is 0 Å². The molecular formula is C29H54N4O9. The van der Waals surface area contributed by atoms with Crippen molar-refractivity contribution in [3.63, 3.8) is 0 Å². The smallest absolute Gasteiger partial charge is 0.322 e. The first-order valence-electron chi connectivity index (χ1n) is 15.3. The lowest BCUT2D eigenvalue weighted by atomic mass is 10.0. The molecule has 0 bridgehead atoms. The fourth-order valence-electron chi connectivity index (χ4n) is 4.52. The van der Waals surface area contributed by atoms with Crippen molar-refractivity contribution in [2.24, 2.45) is 0 Å². The lowest BCUT2D eigenvalue weighted by Crippen LogP contribution is -2.46. The van der Waals surface area contributed by atoms with Crippen molar-refractivity contribution < 1.29 is 44.1 Å². The number of nitrogens with one attached hydrogen (secondary N) is 1. The highest BCUT2D eigenvalue weighted by Gasteiger charge is 2.19. The first-order valence-corrected chi connectivity index (χ1v) is 15.3. The van der Waals surface area contributed by atoms with Crippen LogP contribution < -0.4 is 5.32 Å².